The van der Waals surface area contributed by atoms with Crippen molar-refractivity contribution in [3.8, 4) is 0 Å². The van der Waals surface area contributed by atoms with Gasteiger partial charge < -0.3 is 9.84 Å². The molecule has 0 unspecified atom stereocenters. The van der Waals surface area contributed by atoms with Crippen LogP contribution in [0.3, 0.4) is 0 Å². The third-order valence-electron chi connectivity index (χ3n) is 5.19. The quantitative estimate of drug-likeness (QED) is 0.376. The molecular formula is C16H13ClN2O6. The number of aliphatic hydroxyl groups is 1. The maximum Gasteiger partial charge on any atom is 0.271 e. The molecule has 1 N–H and O–H groups in total. The normalized spacial score (nSPS) is 35.6. The van der Waals surface area contributed by atoms with Crippen molar-refractivity contribution in [2.24, 2.45) is 11.8 Å². The number of carbonyl (C=O) groups excluding carboxylic acids is 2. The third-order valence-corrected chi connectivity index (χ3v) is 5.50. The van der Waals surface area contributed by atoms with Gasteiger partial charge in [0, 0.05) is 12.1 Å². The first-order valence-corrected chi connectivity index (χ1v) is 7.95. The van der Waals surface area contributed by atoms with Gasteiger partial charge in [-0.15, -0.1) is 0 Å². The van der Waals surface area contributed by atoms with Crippen molar-refractivity contribution in [2.45, 2.75) is 18.1 Å². The summed E-state index contributed by atoms with van der Waals surface area (Å²) in [4.78, 5) is 37.2. The topological polar surface area (TPSA) is 110 Å². The van der Waals surface area contributed by atoms with Gasteiger partial charge in [-0.1, -0.05) is 23.8 Å². The van der Waals surface area contributed by atoms with Crippen LogP contribution in [-0.2, 0) is 14.3 Å². The zero-order valence-electron chi connectivity index (χ0n) is 13.0. The first kappa shape index (κ1) is 16.2. The van der Waals surface area contributed by atoms with Crippen LogP contribution in [0.25, 0.3) is 0 Å². The predicted octanol–water partition coefficient (Wildman–Crippen LogP) is 1.44. The monoisotopic (exact) mass is 364 g/mol. The summed E-state index contributed by atoms with van der Waals surface area (Å²) in [5.74, 6) is -2.83. The van der Waals surface area contributed by atoms with Crippen molar-refractivity contribution in [2.75, 3.05) is 11.5 Å². The average Bonchev–Trinajstić information content (AvgIpc) is 3.14. The highest BCUT2D eigenvalue weighted by Crippen LogP contribution is 2.57. The minimum Gasteiger partial charge on any atom is -0.393 e. The number of fused-ring (bicyclic) bond motifs is 5. The van der Waals surface area contributed by atoms with Crippen molar-refractivity contribution in [3.05, 3.63) is 45.5 Å². The minimum absolute atomic E-state index is 0.0312. The van der Waals surface area contributed by atoms with Gasteiger partial charge in [0.15, 0.2) is 0 Å². The van der Waals surface area contributed by atoms with E-state index < -0.39 is 46.4 Å². The Morgan fingerprint density at radius 3 is 2.64 bits per heavy atom. The number of nitro benzene ring substituents is 1. The van der Waals surface area contributed by atoms with Crippen LogP contribution in [0.1, 0.15) is 6.92 Å². The number of imide groups is 1. The molecule has 3 aliphatic heterocycles. The number of non-ortho nitro benzene ring substituents is 1. The van der Waals surface area contributed by atoms with Crippen molar-refractivity contribution in [1.29, 1.82) is 0 Å². The second-order valence-electron chi connectivity index (χ2n) is 6.59. The lowest BCUT2D eigenvalue weighted by Crippen LogP contribution is -2.43. The molecule has 9 heteroatoms. The molecule has 0 saturated carbocycles. The summed E-state index contributed by atoms with van der Waals surface area (Å²) in [7, 11) is 0. The Bertz CT molecular complexity index is 870. The summed E-state index contributed by atoms with van der Waals surface area (Å²) in [6.45, 7) is 1.23. The smallest absolute Gasteiger partial charge is 0.271 e. The van der Waals surface area contributed by atoms with Gasteiger partial charge in [-0.25, -0.2) is 4.90 Å². The van der Waals surface area contributed by atoms with E-state index in [9.17, 15) is 24.8 Å². The first-order valence-electron chi connectivity index (χ1n) is 7.57. The maximum absolute atomic E-state index is 13.0. The summed E-state index contributed by atoms with van der Waals surface area (Å²) in [6, 6.07) is 3.57. The Morgan fingerprint density at radius 1 is 1.32 bits per heavy atom. The van der Waals surface area contributed by atoms with E-state index >= 15 is 0 Å². The molecular weight excluding hydrogens is 352 g/mol. The zero-order chi connectivity index (χ0) is 18.1. The number of ether oxygens (including phenoxy) is 1. The lowest BCUT2D eigenvalue weighted by Gasteiger charge is -2.27. The van der Waals surface area contributed by atoms with E-state index in [4.69, 9.17) is 16.3 Å². The fourth-order valence-electron chi connectivity index (χ4n) is 4.06. The molecule has 1 aromatic carbocycles. The van der Waals surface area contributed by atoms with Gasteiger partial charge in [0.05, 0.1) is 39.7 Å². The van der Waals surface area contributed by atoms with Gasteiger partial charge in [-0.05, 0) is 13.0 Å². The second kappa shape index (κ2) is 4.87. The number of nitrogens with zero attached hydrogens (tertiary/aromatic N) is 2. The van der Waals surface area contributed by atoms with Crippen LogP contribution < -0.4 is 4.90 Å². The highest BCUT2D eigenvalue weighted by molar-refractivity contribution is 6.36. The molecule has 4 atom stereocenters. The Kier molecular flexibility index (Phi) is 3.16. The molecule has 2 bridgehead atoms. The van der Waals surface area contributed by atoms with Gasteiger partial charge in [-0.2, -0.15) is 0 Å². The minimum atomic E-state index is -1.26. The van der Waals surface area contributed by atoms with Crippen molar-refractivity contribution in [1.82, 2.24) is 0 Å². The molecule has 3 aliphatic rings. The number of hydrogen-bond acceptors (Lipinski definition) is 6. The van der Waals surface area contributed by atoms with Gasteiger partial charge in [0.1, 0.15) is 5.60 Å². The number of aliphatic hydroxyl groups excluding tert-OH is 1. The summed E-state index contributed by atoms with van der Waals surface area (Å²) in [5.41, 5.74) is -2.58. The molecule has 0 aromatic heterocycles. The van der Waals surface area contributed by atoms with E-state index in [2.05, 4.69) is 0 Å². The van der Waals surface area contributed by atoms with E-state index in [-0.39, 0.29) is 16.4 Å². The largest absolute Gasteiger partial charge is 0.393 e. The molecule has 4 rings (SSSR count). The Morgan fingerprint density at radius 2 is 2.00 bits per heavy atom. The van der Waals surface area contributed by atoms with Gasteiger partial charge in [0.2, 0.25) is 11.8 Å². The molecule has 2 fully saturated rings. The SMILES string of the molecule is C[C@@]12C=C[C@@](CO)(O1)[C@H]1C(=O)N(c3cc([N+](=O)[O-])ccc3Cl)C(=O)[C@H]12. The number of benzene rings is 1. The summed E-state index contributed by atoms with van der Waals surface area (Å²) in [5, 5.41) is 20.8. The lowest BCUT2D eigenvalue weighted by atomic mass is 9.73. The van der Waals surface area contributed by atoms with Crippen molar-refractivity contribution in [3.63, 3.8) is 0 Å². The van der Waals surface area contributed by atoms with Crippen LogP contribution in [0.2, 0.25) is 5.02 Å². The lowest BCUT2D eigenvalue weighted by molar-refractivity contribution is -0.384. The van der Waals surface area contributed by atoms with Crippen LogP contribution in [0.15, 0.2) is 30.4 Å². The Hall–Kier alpha value is -2.29. The molecule has 130 valence electrons. The van der Waals surface area contributed by atoms with E-state index in [1.807, 2.05) is 0 Å². The summed E-state index contributed by atoms with van der Waals surface area (Å²) >= 11 is 6.09. The molecule has 25 heavy (non-hydrogen) atoms. The number of hydrogen-bond donors (Lipinski definition) is 1. The summed E-state index contributed by atoms with van der Waals surface area (Å²) < 4.78 is 5.81. The molecule has 0 radical (unpaired) electrons. The van der Waals surface area contributed by atoms with E-state index in [1.165, 1.54) is 12.1 Å². The number of amides is 2. The highest BCUT2D eigenvalue weighted by Gasteiger charge is 2.72. The Balaban J connectivity index is 1.83. The standard InChI is InChI=1S/C16H13ClN2O6/c1-15-4-5-16(7-20,25-15)12-11(15)13(21)18(14(12)22)10-6-8(19(23)24)2-3-9(10)17/h2-6,11-12,20H,7H2,1H3/t11-,12+,15-,16-/m0/s1. The second-order valence-corrected chi connectivity index (χ2v) is 7.00. The molecule has 3 heterocycles. The zero-order valence-corrected chi connectivity index (χ0v) is 13.8. The van der Waals surface area contributed by atoms with Crippen LogP contribution in [0.5, 0.6) is 0 Å². The molecule has 0 aliphatic carbocycles. The highest BCUT2D eigenvalue weighted by atomic mass is 35.5. The maximum atomic E-state index is 13.0. The number of halogens is 1. The van der Waals surface area contributed by atoms with Crippen LogP contribution in [0, 0.1) is 22.0 Å². The molecule has 8 nitrogen and oxygen atoms in total. The third kappa shape index (κ3) is 1.90. The molecule has 0 spiro atoms. The molecule has 2 amide bonds. The fraction of sp³-hybridized carbons (Fsp3) is 0.375. The van der Waals surface area contributed by atoms with Crippen molar-refractivity contribution >= 4 is 34.8 Å². The van der Waals surface area contributed by atoms with Crippen molar-refractivity contribution < 1.29 is 24.4 Å². The number of nitro groups is 1. The predicted molar refractivity (Wildman–Crippen MR) is 86.0 cm³/mol. The van der Waals surface area contributed by atoms with Gasteiger partial charge in [0.25, 0.3) is 5.69 Å². The van der Waals surface area contributed by atoms with Gasteiger partial charge in [-0.3, -0.25) is 19.7 Å². The molecule has 2 saturated heterocycles. The van der Waals surface area contributed by atoms with E-state index in [0.717, 1.165) is 11.0 Å². The first-order chi connectivity index (χ1) is 11.7. The Labute approximate surface area is 146 Å². The summed E-state index contributed by atoms with van der Waals surface area (Å²) in [6.07, 6.45) is 3.28. The number of carbonyl (C=O) groups is 2. The van der Waals surface area contributed by atoms with Crippen LogP contribution in [-0.4, -0.2) is 39.7 Å². The van der Waals surface area contributed by atoms with Crippen LogP contribution >= 0.6 is 11.6 Å². The number of rotatable bonds is 3. The number of anilines is 1. The van der Waals surface area contributed by atoms with E-state index in [0.29, 0.717) is 0 Å². The van der Waals surface area contributed by atoms with Gasteiger partial charge >= 0.3 is 0 Å². The van der Waals surface area contributed by atoms with E-state index in [1.54, 1.807) is 19.1 Å². The molecule has 1 aromatic rings. The fourth-order valence-corrected chi connectivity index (χ4v) is 4.27. The van der Waals surface area contributed by atoms with Crippen LogP contribution in [0.4, 0.5) is 11.4 Å². The average molecular weight is 365 g/mol.